The van der Waals surface area contributed by atoms with Crippen LogP contribution in [0.4, 0.5) is 0 Å². The van der Waals surface area contributed by atoms with Crippen LogP contribution in [0.1, 0.15) is 102 Å². The van der Waals surface area contributed by atoms with Gasteiger partial charge in [-0.05, 0) is 50.3 Å². The Bertz CT molecular complexity index is 880. The fourth-order valence-electron chi connectivity index (χ4n) is 4.93. The lowest BCUT2D eigenvalue weighted by Gasteiger charge is -2.30. The molecule has 1 atom stereocenters. The van der Waals surface area contributed by atoms with Crippen molar-refractivity contribution in [1.29, 1.82) is 0 Å². The highest BCUT2D eigenvalue weighted by atomic mass is 16.6. The Morgan fingerprint density at radius 3 is 2.16 bits per heavy atom. The summed E-state index contributed by atoms with van der Waals surface area (Å²) in [7, 11) is 4.49. The van der Waals surface area contributed by atoms with Gasteiger partial charge in [-0.15, -0.1) is 0 Å². The van der Waals surface area contributed by atoms with Gasteiger partial charge in [0.05, 0.1) is 20.6 Å². The van der Waals surface area contributed by atoms with Crippen LogP contribution in [0.3, 0.4) is 0 Å². The molecule has 0 bridgehead atoms. The molecule has 2 rings (SSSR count). The van der Waals surface area contributed by atoms with Gasteiger partial charge in [0.15, 0.2) is 0 Å². The number of nitrogens with zero attached hydrogens (tertiary/aromatic N) is 1. The first-order valence-electron chi connectivity index (χ1n) is 15.1. The first kappa shape index (κ1) is 31.9. The topological polar surface area (TPSA) is 35.5 Å². The smallest absolute Gasteiger partial charge is 0.305 e. The van der Waals surface area contributed by atoms with Crippen LogP contribution < -0.4 is 4.74 Å². The van der Waals surface area contributed by atoms with Gasteiger partial charge in [-0.1, -0.05) is 101 Å². The van der Waals surface area contributed by atoms with E-state index in [2.05, 4.69) is 69.6 Å². The second-order valence-corrected chi connectivity index (χ2v) is 11.6. The van der Waals surface area contributed by atoms with Crippen molar-refractivity contribution in [2.24, 2.45) is 0 Å². The molecule has 212 valence electrons. The van der Waals surface area contributed by atoms with E-state index in [1.54, 1.807) is 0 Å². The van der Waals surface area contributed by atoms with E-state index in [9.17, 15) is 4.79 Å². The molecule has 2 aromatic carbocycles. The maximum absolute atomic E-state index is 12.2. The van der Waals surface area contributed by atoms with Crippen LogP contribution in [0.15, 0.2) is 54.6 Å². The molecule has 0 heterocycles. The summed E-state index contributed by atoms with van der Waals surface area (Å²) in [6.45, 7) is 6.56. The number of hydrogen-bond acceptors (Lipinski definition) is 3. The second kappa shape index (κ2) is 18.8. The molecule has 38 heavy (non-hydrogen) atoms. The Labute approximate surface area is 233 Å². The summed E-state index contributed by atoms with van der Waals surface area (Å²) in [5, 5.41) is 0. The van der Waals surface area contributed by atoms with Crippen LogP contribution in [0.2, 0.25) is 0 Å². The first-order chi connectivity index (χ1) is 18.4. The van der Waals surface area contributed by atoms with E-state index in [0.29, 0.717) is 6.42 Å². The van der Waals surface area contributed by atoms with Gasteiger partial charge < -0.3 is 14.0 Å². The molecule has 0 aromatic heterocycles. The van der Waals surface area contributed by atoms with E-state index in [1.807, 2.05) is 13.0 Å². The summed E-state index contributed by atoms with van der Waals surface area (Å²) in [5.41, 5.74) is 2.67. The van der Waals surface area contributed by atoms with Crippen molar-refractivity contribution < 1.29 is 18.8 Å². The van der Waals surface area contributed by atoms with E-state index in [4.69, 9.17) is 9.47 Å². The van der Waals surface area contributed by atoms with E-state index < -0.39 is 0 Å². The molecular formula is C34H54NO3+. The molecule has 0 aliphatic carbocycles. The quantitative estimate of drug-likeness (QED) is 0.0932. The van der Waals surface area contributed by atoms with Crippen LogP contribution in [-0.2, 0) is 22.5 Å². The van der Waals surface area contributed by atoms with E-state index in [0.717, 1.165) is 42.6 Å². The van der Waals surface area contributed by atoms with Crippen molar-refractivity contribution in [3.8, 4) is 5.75 Å². The number of quaternary nitrogens is 1. The molecule has 0 saturated heterocycles. The molecule has 0 saturated carbocycles. The summed E-state index contributed by atoms with van der Waals surface area (Å²) < 4.78 is 12.5. The minimum Gasteiger partial charge on any atom is -0.487 e. The zero-order valence-electron chi connectivity index (χ0n) is 24.8. The summed E-state index contributed by atoms with van der Waals surface area (Å²) in [6.07, 6.45) is 15.4. The predicted molar refractivity (Wildman–Crippen MR) is 159 cm³/mol. The molecule has 0 aliphatic heterocycles. The molecule has 4 nitrogen and oxygen atoms in total. The summed E-state index contributed by atoms with van der Waals surface area (Å²) in [5.74, 6) is 0.730. The van der Waals surface area contributed by atoms with Crippen molar-refractivity contribution >= 4 is 5.97 Å². The molecule has 0 spiro atoms. The number of carbonyl (C=O) groups excluding carboxylic acids is 1. The third-order valence-corrected chi connectivity index (χ3v) is 7.13. The van der Waals surface area contributed by atoms with Crippen molar-refractivity contribution in [3.63, 3.8) is 0 Å². The number of carbonyl (C=O) groups is 1. The number of benzene rings is 2. The van der Waals surface area contributed by atoms with E-state index in [1.165, 1.54) is 68.9 Å². The van der Waals surface area contributed by atoms with Gasteiger partial charge in [-0.3, -0.25) is 4.79 Å². The number of aryl methyl sites for hydroxylation is 1. The third kappa shape index (κ3) is 15.2. The van der Waals surface area contributed by atoms with Gasteiger partial charge in [0.1, 0.15) is 25.0 Å². The van der Waals surface area contributed by atoms with Gasteiger partial charge in [-0.25, -0.2) is 0 Å². The molecule has 4 heteroatoms. The highest BCUT2D eigenvalue weighted by Gasteiger charge is 2.16. The fraction of sp³-hybridized carbons (Fsp3) is 0.618. The van der Waals surface area contributed by atoms with Crippen LogP contribution >= 0.6 is 0 Å². The average Bonchev–Trinajstić information content (AvgIpc) is 2.89. The van der Waals surface area contributed by atoms with Gasteiger partial charge >= 0.3 is 5.97 Å². The Morgan fingerprint density at radius 1 is 0.789 bits per heavy atom. The molecule has 1 unspecified atom stereocenters. The highest BCUT2D eigenvalue weighted by Crippen LogP contribution is 2.18. The van der Waals surface area contributed by atoms with E-state index in [-0.39, 0.29) is 18.7 Å². The largest absolute Gasteiger partial charge is 0.487 e. The predicted octanol–water partition coefficient (Wildman–Crippen LogP) is 8.52. The SMILES string of the molecule is CCCCCCCCCCCc1cccc(OC(C)COC(=O)CCCC[N+](C)(C)Cc2ccccc2)c1. The Hall–Kier alpha value is -2.33. The molecule has 0 fully saturated rings. The number of rotatable bonds is 21. The lowest BCUT2D eigenvalue weighted by Crippen LogP contribution is -2.39. The van der Waals surface area contributed by atoms with Crippen molar-refractivity contribution in [2.45, 2.75) is 110 Å². The summed E-state index contributed by atoms with van der Waals surface area (Å²) in [4.78, 5) is 12.2. The normalized spacial score (nSPS) is 12.3. The monoisotopic (exact) mass is 524 g/mol. The first-order valence-corrected chi connectivity index (χ1v) is 15.1. The maximum Gasteiger partial charge on any atom is 0.305 e. The minimum atomic E-state index is -0.164. The summed E-state index contributed by atoms with van der Waals surface area (Å²) in [6, 6.07) is 19.0. The number of hydrogen-bond donors (Lipinski definition) is 0. The van der Waals surface area contributed by atoms with E-state index >= 15 is 0 Å². The van der Waals surface area contributed by atoms with Gasteiger partial charge in [-0.2, -0.15) is 0 Å². The number of unbranched alkanes of at least 4 members (excludes halogenated alkanes) is 9. The third-order valence-electron chi connectivity index (χ3n) is 7.13. The van der Waals surface area contributed by atoms with Crippen molar-refractivity contribution in [3.05, 3.63) is 65.7 Å². The van der Waals surface area contributed by atoms with Crippen LogP contribution in [-0.4, -0.2) is 43.8 Å². The highest BCUT2D eigenvalue weighted by molar-refractivity contribution is 5.69. The Balaban J connectivity index is 1.55. The minimum absolute atomic E-state index is 0.132. The fourth-order valence-corrected chi connectivity index (χ4v) is 4.93. The van der Waals surface area contributed by atoms with Gasteiger partial charge in [0, 0.05) is 12.0 Å². The number of esters is 1. The lowest BCUT2D eigenvalue weighted by molar-refractivity contribution is -0.903. The van der Waals surface area contributed by atoms with Crippen molar-refractivity contribution in [1.82, 2.24) is 0 Å². The molecular weight excluding hydrogens is 470 g/mol. The van der Waals surface area contributed by atoms with Crippen LogP contribution in [0.25, 0.3) is 0 Å². The second-order valence-electron chi connectivity index (χ2n) is 11.6. The van der Waals surface area contributed by atoms with Gasteiger partial charge in [0.2, 0.25) is 0 Å². The average molecular weight is 525 g/mol. The Morgan fingerprint density at radius 2 is 1.45 bits per heavy atom. The molecule has 0 aliphatic rings. The number of ether oxygens (including phenoxy) is 2. The Kier molecular flexibility index (Phi) is 15.8. The maximum atomic E-state index is 12.2. The summed E-state index contributed by atoms with van der Waals surface area (Å²) >= 11 is 0. The molecule has 0 amide bonds. The zero-order valence-corrected chi connectivity index (χ0v) is 24.8. The zero-order chi connectivity index (χ0) is 27.5. The molecule has 0 radical (unpaired) electrons. The molecule has 0 N–H and O–H groups in total. The van der Waals surface area contributed by atoms with Gasteiger partial charge in [0.25, 0.3) is 0 Å². The lowest BCUT2D eigenvalue weighted by atomic mass is 10.0. The van der Waals surface area contributed by atoms with Crippen LogP contribution in [0.5, 0.6) is 5.75 Å². The molecule has 2 aromatic rings. The van der Waals surface area contributed by atoms with Crippen molar-refractivity contribution in [2.75, 3.05) is 27.2 Å². The van der Waals surface area contributed by atoms with Crippen LogP contribution in [0, 0.1) is 0 Å². The standard InChI is InChI=1S/C34H54NO3/c1-5-6-7-8-9-10-11-12-14-20-31-23-19-24-33(27-31)38-30(2)29-37-34(36)25-17-18-26-35(3,4)28-32-21-15-13-16-22-32/h13,15-16,19,21-24,27,30H,5-12,14,17-18,20,25-26,28-29H2,1-4H3/q+1.